The summed E-state index contributed by atoms with van der Waals surface area (Å²) in [6.07, 6.45) is 2.34. The smallest absolute Gasteiger partial charge is 0.157 e. The van der Waals surface area contributed by atoms with Crippen molar-refractivity contribution in [3.63, 3.8) is 0 Å². The van der Waals surface area contributed by atoms with Crippen molar-refractivity contribution in [2.24, 2.45) is 10.9 Å². The molecule has 1 aliphatic heterocycles. The topological polar surface area (TPSA) is 24.4 Å². The van der Waals surface area contributed by atoms with Crippen LogP contribution in [-0.2, 0) is 6.42 Å². The standard InChI is InChI=1S/C14H22N2S2/c1-10(2)6-13-8-15-14(18-13)16-11(3)7-12-4-5-17-9-12/h4-5,9-11,13H,6-8H2,1-3H3,(H,15,16). The zero-order chi connectivity index (χ0) is 13.0. The summed E-state index contributed by atoms with van der Waals surface area (Å²) < 4.78 is 0. The largest absolute Gasteiger partial charge is 0.362 e. The molecule has 18 heavy (non-hydrogen) atoms. The van der Waals surface area contributed by atoms with E-state index in [1.54, 1.807) is 11.3 Å². The molecule has 1 aliphatic rings. The van der Waals surface area contributed by atoms with Crippen LogP contribution in [0.1, 0.15) is 32.8 Å². The molecule has 2 unspecified atom stereocenters. The van der Waals surface area contributed by atoms with E-state index in [2.05, 4.69) is 47.9 Å². The van der Waals surface area contributed by atoms with Gasteiger partial charge in [0, 0.05) is 11.3 Å². The van der Waals surface area contributed by atoms with Crippen LogP contribution in [0.3, 0.4) is 0 Å². The fourth-order valence-corrected chi connectivity index (χ4v) is 4.22. The number of rotatable bonds is 5. The number of thioether (sulfide) groups is 1. The maximum absolute atomic E-state index is 4.61. The first-order valence-corrected chi connectivity index (χ1v) is 8.44. The Labute approximate surface area is 118 Å². The number of aliphatic imine (C=N–C) groups is 1. The molecule has 0 radical (unpaired) electrons. The van der Waals surface area contributed by atoms with Gasteiger partial charge in [-0.1, -0.05) is 25.6 Å². The molecule has 4 heteroatoms. The van der Waals surface area contributed by atoms with E-state index in [1.165, 1.54) is 12.0 Å². The second kappa shape index (κ2) is 6.62. The lowest BCUT2D eigenvalue weighted by Crippen LogP contribution is -2.31. The Hall–Kier alpha value is -0.480. The van der Waals surface area contributed by atoms with Gasteiger partial charge < -0.3 is 5.32 Å². The summed E-state index contributed by atoms with van der Waals surface area (Å²) >= 11 is 3.69. The molecule has 2 rings (SSSR count). The van der Waals surface area contributed by atoms with Crippen molar-refractivity contribution in [3.05, 3.63) is 22.4 Å². The summed E-state index contributed by atoms with van der Waals surface area (Å²) in [7, 11) is 0. The van der Waals surface area contributed by atoms with Crippen molar-refractivity contribution in [2.75, 3.05) is 6.54 Å². The summed E-state index contributed by atoms with van der Waals surface area (Å²) in [5.74, 6) is 0.764. The zero-order valence-corrected chi connectivity index (χ0v) is 13.0. The minimum Gasteiger partial charge on any atom is -0.362 e. The van der Waals surface area contributed by atoms with E-state index in [0.717, 1.165) is 24.1 Å². The number of hydrogen-bond acceptors (Lipinski definition) is 4. The van der Waals surface area contributed by atoms with Crippen LogP contribution in [-0.4, -0.2) is 23.0 Å². The summed E-state index contributed by atoms with van der Waals surface area (Å²) in [5, 5.41) is 9.73. The molecule has 0 saturated heterocycles. The molecule has 1 aromatic rings. The van der Waals surface area contributed by atoms with Crippen LogP contribution in [0.5, 0.6) is 0 Å². The van der Waals surface area contributed by atoms with Gasteiger partial charge in [-0.25, -0.2) is 0 Å². The normalized spacial score (nSPS) is 21.1. The monoisotopic (exact) mass is 282 g/mol. The van der Waals surface area contributed by atoms with Crippen molar-refractivity contribution in [1.82, 2.24) is 5.32 Å². The Morgan fingerprint density at radius 1 is 1.44 bits per heavy atom. The highest BCUT2D eigenvalue weighted by molar-refractivity contribution is 8.14. The lowest BCUT2D eigenvalue weighted by Gasteiger charge is -2.15. The van der Waals surface area contributed by atoms with Gasteiger partial charge in [-0.15, -0.1) is 0 Å². The maximum atomic E-state index is 4.61. The van der Waals surface area contributed by atoms with Crippen LogP contribution in [0.2, 0.25) is 0 Å². The first-order valence-electron chi connectivity index (χ1n) is 6.62. The predicted octanol–water partition coefficient (Wildman–Crippen LogP) is 3.79. The number of amidine groups is 1. The summed E-state index contributed by atoms with van der Waals surface area (Å²) in [6.45, 7) is 7.78. The zero-order valence-electron chi connectivity index (χ0n) is 11.3. The Balaban J connectivity index is 1.74. The number of hydrogen-bond donors (Lipinski definition) is 1. The van der Waals surface area contributed by atoms with Crippen molar-refractivity contribution < 1.29 is 0 Å². The highest BCUT2D eigenvalue weighted by atomic mass is 32.2. The molecule has 0 amide bonds. The van der Waals surface area contributed by atoms with Crippen molar-refractivity contribution in [3.8, 4) is 0 Å². The van der Waals surface area contributed by atoms with Gasteiger partial charge in [-0.05, 0) is 48.1 Å². The van der Waals surface area contributed by atoms with Crippen molar-refractivity contribution >= 4 is 28.3 Å². The molecule has 2 nitrogen and oxygen atoms in total. The average molecular weight is 282 g/mol. The van der Waals surface area contributed by atoms with Gasteiger partial charge in [0.2, 0.25) is 0 Å². The molecule has 2 heterocycles. The molecule has 0 aromatic carbocycles. The van der Waals surface area contributed by atoms with Gasteiger partial charge in [0.1, 0.15) is 0 Å². The fourth-order valence-electron chi connectivity index (χ4n) is 2.17. The van der Waals surface area contributed by atoms with Crippen LogP contribution >= 0.6 is 23.1 Å². The quantitative estimate of drug-likeness (QED) is 0.888. The van der Waals surface area contributed by atoms with Crippen LogP contribution in [0.15, 0.2) is 21.8 Å². The lowest BCUT2D eigenvalue weighted by atomic mass is 10.1. The Bertz CT molecular complexity index is 385. The summed E-state index contributed by atoms with van der Waals surface area (Å²) in [4.78, 5) is 4.61. The Kier molecular flexibility index (Phi) is 5.13. The van der Waals surface area contributed by atoms with E-state index in [-0.39, 0.29) is 0 Å². The number of nitrogens with one attached hydrogen (secondary N) is 1. The third-order valence-electron chi connectivity index (χ3n) is 2.94. The molecule has 1 aromatic heterocycles. The molecule has 0 spiro atoms. The third kappa shape index (κ3) is 4.32. The Morgan fingerprint density at radius 2 is 2.28 bits per heavy atom. The molecule has 1 N–H and O–H groups in total. The maximum Gasteiger partial charge on any atom is 0.157 e. The van der Waals surface area contributed by atoms with Crippen molar-refractivity contribution in [1.29, 1.82) is 0 Å². The SMILES string of the molecule is CC(C)CC1CN=C(NC(C)Cc2ccsc2)S1. The van der Waals surface area contributed by atoms with E-state index in [9.17, 15) is 0 Å². The molecule has 0 saturated carbocycles. The van der Waals surface area contributed by atoms with Crippen LogP contribution in [0.25, 0.3) is 0 Å². The van der Waals surface area contributed by atoms with Gasteiger partial charge in [-0.2, -0.15) is 11.3 Å². The molecule has 2 atom stereocenters. The molecular weight excluding hydrogens is 260 g/mol. The molecule has 100 valence electrons. The minimum atomic E-state index is 0.462. The first kappa shape index (κ1) is 13.9. The van der Waals surface area contributed by atoms with Gasteiger partial charge in [-0.3, -0.25) is 4.99 Å². The highest BCUT2D eigenvalue weighted by Gasteiger charge is 2.21. The highest BCUT2D eigenvalue weighted by Crippen LogP contribution is 2.25. The van der Waals surface area contributed by atoms with Gasteiger partial charge in [0.05, 0.1) is 6.54 Å². The van der Waals surface area contributed by atoms with Crippen molar-refractivity contribution in [2.45, 2.75) is 44.9 Å². The van der Waals surface area contributed by atoms with Gasteiger partial charge in [0.15, 0.2) is 5.17 Å². The summed E-state index contributed by atoms with van der Waals surface area (Å²) in [5.41, 5.74) is 1.42. The molecule has 0 bridgehead atoms. The second-order valence-electron chi connectivity index (χ2n) is 5.40. The van der Waals surface area contributed by atoms with E-state index in [4.69, 9.17) is 0 Å². The molecule has 0 aliphatic carbocycles. The number of thiophene rings is 1. The summed E-state index contributed by atoms with van der Waals surface area (Å²) in [6, 6.07) is 2.66. The first-order chi connectivity index (χ1) is 8.63. The van der Waals surface area contributed by atoms with Crippen LogP contribution < -0.4 is 5.32 Å². The predicted molar refractivity (Wildman–Crippen MR) is 83.8 cm³/mol. The average Bonchev–Trinajstić information content (AvgIpc) is 2.89. The van der Waals surface area contributed by atoms with Crippen LogP contribution in [0.4, 0.5) is 0 Å². The van der Waals surface area contributed by atoms with E-state index in [1.807, 2.05) is 11.8 Å². The van der Waals surface area contributed by atoms with E-state index >= 15 is 0 Å². The molecule has 0 fully saturated rings. The fraction of sp³-hybridized carbons (Fsp3) is 0.643. The molecular formula is C14H22N2S2. The van der Waals surface area contributed by atoms with E-state index < -0.39 is 0 Å². The third-order valence-corrected chi connectivity index (χ3v) is 4.82. The second-order valence-corrected chi connectivity index (χ2v) is 7.47. The van der Waals surface area contributed by atoms with E-state index in [0.29, 0.717) is 11.3 Å². The lowest BCUT2D eigenvalue weighted by molar-refractivity contribution is 0.575. The van der Waals surface area contributed by atoms with Gasteiger partial charge in [0.25, 0.3) is 0 Å². The number of nitrogens with zero attached hydrogens (tertiary/aromatic N) is 1. The Morgan fingerprint density at radius 3 is 2.94 bits per heavy atom. The van der Waals surface area contributed by atoms with Crippen LogP contribution in [0, 0.1) is 5.92 Å². The van der Waals surface area contributed by atoms with Gasteiger partial charge >= 0.3 is 0 Å². The minimum absolute atomic E-state index is 0.462.